The molecule has 0 atom stereocenters. The molecule has 0 bridgehead atoms. The van der Waals surface area contributed by atoms with E-state index in [2.05, 4.69) is 0 Å². The van der Waals surface area contributed by atoms with E-state index in [1.165, 1.54) is 19.2 Å². The van der Waals surface area contributed by atoms with E-state index in [0.29, 0.717) is 11.3 Å². The van der Waals surface area contributed by atoms with E-state index in [9.17, 15) is 12.8 Å². The summed E-state index contributed by atoms with van der Waals surface area (Å²) in [5.74, 6) is -0.556. The van der Waals surface area contributed by atoms with E-state index >= 15 is 0 Å². The molecular formula is C9H11ClFNO2S. The highest BCUT2D eigenvalue weighted by atomic mass is 35.5. The number of rotatable bonds is 2. The van der Waals surface area contributed by atoms with Crippen LogP contribution >= 0.6 is 11.6 Å². The maximum Gasteiger partial charge on any atom is 0.232 e. The number of anilines is 1. The van der Waals surface area contributed by atoms with Gasteiger partial charge in [0.1, 0.15) is 5.82 Å². The molecule has 0 aliphatic rings. The van der Waals surface area contributed by atoms with Crippen LogP contribution in [0.15, 0.2) is 12.1 Å². The first kappa shape index (κ1) is 12.3. The molecule has 0 radical (unpaired) electrons. The van der Waals surface area contributed by atoms with Gasteiger partial charge in [0, 0.05) is 7.05 Å². The Balaban J connectivity index is 3.33. The molecule has 1 aromatic carbocycles. The summed E-state index contributed by atoms with van der Waals surface area (Å²) < 4.78 is 36.6. The third kappa shape index (κ3) is 2.60. The summed E-state index contributed by atoms with van der Waals surface area (Å²) in [6.45, 7) is 1.62. The number of sulfonamides is 1. The molecule has 0 aliphatic heterocycles. The lowest BCUT2D eigenvalue weighted by atomic mass is 10.2. The van der Waals surface area contributed by atoms with Gasteiger partial charge in [-0.25, -0.2) is 12.8 Å². The van der Waals surface area contributed by atoms with Gasteiger partial charge in [0.05, 0.1) is 17.0 Å². The van der Waals surface area contributed by atoms with E-state index in [1.807, 2.05) is 0 Å². The summed E-state index contributed by atoms with van der Waals surface area (Å²) in [5, 5.41) is -0.0916. The lowest BCUT2D eigenvalue weighted by Gasteiger charge is -2.19. The third-order valence-corrected chi connectivity index (χ3v) is 3.56. The van der Waals surface area contributed by atoms with Crippen LogP contribution in [-0.2, 0) is 10.0 Å². The first-order valence-electron chi connectivity index (χ1n) is 4.13. The lowest BCUT2D eigenvalue weighted by molar-refractivity contribution is 0.599. The molecule has 0 heterocycles. The molecule has 3 nitrogen and oxygen atoms in total. The van der Waals surface area contributed by atoms with E-state index in [4.69, 9.17) is 11.6 Å². The molecule has 0 saturated heterocycles. The second-order valence-electron chi connectivity index (χ2n) is 3.28. The van der Waals surface area contributed by atoms with Crippen LogP contribution in [0.2, 0.25) is 5.02 Å². The third-order valence-electron chi connectivity index (χ3n) is 2.08. The molecule has 15 heavy (non-hydrogen) atoms. The molecule has 0 unspecified atom stereocenters. The highest BCUT2D eigenvalue weighted by Crippen LogP contribution is 2.27. The Kier molecular flexibility index (Phi) is 3.25. The van der Waals surface area contributed by atoms with Crippen LogP contribution in [0.3, 0.4) is 0 Å². The largest absolute Gasteiger partial charge is 0.273 e. The minimum atomic E-state index is -3.36. The van der Waals surface area contributed by atoms with Crippen molar-refractivity contribution >= 4 is 27.3 Å². The molecular weight excluding hydrogens is 241 g/mol. The first-order chi connectivity index (χ1) is 6.73. The zero-order valence-corrected chi connectivity index (χ0v) is 10.2. The SMILES string of the molecule is Cc1cc(F)c(Cl)cc1N(C)S(C)(=O)=O. The second kappa shape index (κ2) is 3.98. The number of nitrogens with zero attached hydrogens (tertiary/aromatic N) is 1. The van der Waals surface area contributed by atoms with Crippen molar-refractivity contribution in [3.05, 3.63) is 28.5 Å². The zero-order valence-electron chi connectivity index (χ0n) is 8.58. The molecule has 0 fully saturated rings. The maximum absolute atomic E-state index is 13.0. The van der Waals surface area contributed by atoms with Crippen LogP contribution in [0, 0.1) is 12.7 Å². The number of halogens is 2. The average Bonchev–Trinajstić information content (AvgIpc) is 2.08. The van der Waals surface area contributed by atoms with E-state index in [0.717, 1.165) is 10.6 Å². The molecule has 0 spiro atoms. The van der Waals surface area contributed by atoms with E-state index in [1.54, 1.807) is 6.92 Å². The van der Waals surface area contributed by atoms with Gasteiger partial charge in [-0.2, -0.15) is 0 Å². The number of hydrogen-bond acceptors (Lipinski definition) is 2. The Morgan fingerprint density at radius 1 is 1.40 bits per heavy atom. The molecule has 6 heteroatoms. The van der Waals surface area contributed by atoms with Crippen molar-refractivity contribution in [1.82, 2.24) is 0 Å². The highest BCUT2D eigenvalue weighted by molar-refractivity contribution is 7.92. The summed E-state index contributed by atoms with van der Waals surface area (Å²) in [6, 6.07) is 2.51. The predicted molar refractivity (Wildman–Crippen MR) is 59.4 cm³/mol. The first-order valence-corrected chi connectivity index (χ1v) is 6.35. The molecule has 0 N–H and O–H groups in total. The van der Waals surface area contributed by atoms with E-state index < -0.39 is 15.8 Å². The lowest BCUT2D eigenvalue weighted by Crippen LogP contribution is -2.25. The zero-order chi connectivity index (χ0) is 11.8. The standard InChI is InChI=1S/C9H11ClFNO2S/c1-6-4-8(11)7(10)5-9(6)12(2)15(3,13)14/h4-5H,1-3H3. The average molecular weight is 252 g/mol. The van der Waals surface area contributed by atoms with Crippen molar-refractivity contribution in [3.63, 3.8) is 0 Å². The molecule has 0 aromatic heterocycles. The van der Waals surface area contributed by atoms with Crippen molar-refractivity contribution in [2.24, 2.45) is 0 Å². The molecule has 84 valence electrons. The molecule has 0 aliphatic carbocycles. The van der Waals surface area contributed by atoms with Crippen LogP contribution in [0.1, 0.15) is 5.56 Å². The number of hydrogen-bond donors (Lipinski definition) is 0. The Morgan fingerprint density at radius 3 is 2.40 bits per heavy atom. The smallest absolute Gasteiger partial charge is 0.232 e. The van der Waals surface area contributed by atoms with Crippen LogP contribution in [-0.4, -0.2) is 21.7 Å². The Morgan fingerprint density at radius 2 is 1.93 bits per heavy atom. The van der Waals surface area contributed by atoms with Gasteiger partial charge in [-0.3, -0.25) is 4.31 Å². The Hall–Kier alpha value is -0.810. The molecule has 1 rings (SSSR count). The van der Waals surface area contributed by atoms with Gasteiger partial charge < -0.3 is 0 Å². The van der Waals surface area contributed by atoms with Gasteiger partial charge in [-0.1, -0.05) is 11.6 Å². The fourth-order valence-electron chi connectivity index (χ4n) is 1.15. The van der Waals surface area contributed by atoms with Crippen molar-refractivity contribution in [2.75, 3.05) is 17.6 Å². The molecule has 0 amide bonds. The number of aryl methyl sites for hydroxylation is 1. The van der Waals surface area contributed by atoms with Crippen LogP contribution in [0.5, 0.6) is 0 Å². The Bertz CT molecular complexity index is 487. The summed E-state index contributed by atoms with van der Waals surface area (Å²) in [4.78, 5) is 0. The fraction of sp³-hybridized carbons (Fsp3) is 0.333. The summed E-state index contributed by atoms with van der Waals surface area (Å²) in [5.41, 5.74) is 0.897. The molecule has 1 aromatic rings. The maximum atomic E-state index is 13.0. The van der Waals surface area contributed by atoms with Gasteiger partial charge in [0.25, 0.3) is 0 Å². The van der Waals surface area contributed by atoms with Crippen molar-refractivity contribution in [3.8, 4) is 0 Å². The summed E-state index contributed by atoms with van der Waals surface area (Å²) >= 11 is 5.58. The normalized spacial score (nSPS) is 11.5. The predicted octanol–water partition coefficient (Wildman–Crippen LogP) is 2.18. The van der Waals surface area contributed by atoms with Gasteiger partial charge >= 0.3 is 0 Å². The quantitative estimate of drug-likeness (QED) is 0.808. The van der Waals surface area contributed by atoms with Crippen molar-refractivity contribution < 1.29 is 12.8 Å². The van der Waals surface area contributed by atoms with Crippen LogP contribution in [0.4, 0.5) is 10.1 Å². The minimum absolute atomic E-state index is 0.0916. The second-order valence-corrected chi connectivity index (χ2v) is 5.70. The van der Waals surface area contributed by atoms with Crippen LogP contribution in [0.25, 0.3) is 0 Å². The molecule has 0 saturated carbocycles. The summed E-state index contributed by atoms with van der Waals surface area (Å²) in [6.07, 6.45) is 1.07. The Labute approximate surface area is 93.5 Å². The van der Waals surface area contributed by atoms with Gasteiger partial charge in [0.2, 0.25) is 10.0 Å². The van der Waals surface area contributed by atoms with Gasteiger partial charge in [-0.05, 0) is 24.6 Å². The minimum Gasteiger partial charge on any atom is -0.273 e. The highest BCUT2D eigenvalue weighted by Gasteiger charge is 2.16. The van der Waals surface area contributed by atoms with Crippen molar-refractivity contribution in [2.45, 2.75) is 6.92 Å². The topological polar surface area (TPSA) is 37.4 Å². The number of benzene rings is 1. The van der Waals surface area contributed by atoms with Crippen LogP contribution < -0.4 is 4.31 Å². The van der Waals surface area contributed by atoms with Gasteiger partial charge in [-0.15, -0.1) is 0 Å². The van der Waals surface area contributed by atoms with Gasteiger partial charge in [0.15, 0.2) is 0 Å². The van der Waals surface area contributed by atoms with E-state index in [-0.39, 0.29) is 5.02 Å². The summed E-state index contributed by atoms with van der Waals surface area (Å²) in [7, 11) is -1.96. The monoisotopic (exact) mass is 251 g/mol. The van der Waals surface area contributed by atoms with Crippen molar-refractivity contribution in [1.29, 1.82) is 0 Å². The fourth-order valence-corrected chi connectivity index (χ4v) is 1.87.